The van der Waals surface area contributed by atoms with Crippen LogP contribution < -0.4 is 11.3 Å². The molecule has 2 aromatic rings. The molecular weight excluding hydrogens is 339 g/mol. The van der Waals surface area contributed by atoms with Crippen LogP contribution in [0.1, 0.15) is 17.2 Å². The molecule has 2 nitrogen and oxygen atoms in total. The minimum Gasteiger partial charge on any atom is -0.271 e. The predicted octanol–water partition coefficient (Wildman–Crippen LogP) is 4.19. The summed E-state index contributed by atoms with van der Waals surface area (Å²) in [6.07, 6.45) is 0. The van der Waals surface area contributed by atoms with E-state index >= 15 is 0 Å². The fourth-order valence-corrected chi connectivity index (χ4v) is 3.16. The van der Waals surface area contributed by atoms with E-state index in [2.05, 4.69) is 21.4 Å². The van der Waals surface area contributed by atoms with Gasteiger partial charge in [0.1, 0.15) is 5.82 Å². The first-order chi connectivity index (χ1) is 9.58. The molecule has 0 heterocycles. The second-order valence-corrected chi connectivity index (χ2v) is 6.56. The Balaban J connectivity index is 2.07. The molecule has 0 fully saturated rings. The summed E-state index contributed by atoms with van der Waals surface area (Å²) in [5, 5.41) is 0. The predicted molar refractivity (Wildman–Crippen MR) is 86.1 cm³/mol. The minimum absolute atomic E-state index is 0.0851. The average Bonchev–Trinajstić information content (AvgIpc) is 2.40. The van der Waals surface area contributed by atoms with E-state index in [9.17, 15) is 4.39 Å². The van der Waals surface area contributed by atoms with E-state index in [0.717, 1.165) is 26.2 Å². The summed E-state index contributed by atoms with van der Waals surface area (Å²) in [5.41, 5.74) is 4.52. The fourth-order valence-electron chi connectivity index (χ4n) is 1.92. The maximum absolute atomic E-state index is 13.5. The first kappa shape index (κ1) is 15.5. The van der Waals surface area contributed by atoms with E-state index in [4.69, 9.17) is 5.84 Å². The van der Waals surface area contributed by atoms with Gasteiger partial charge < -0.3 is 0 Å². The zero-order valence-corrected chi connectivity index (χ0v) is 13.5. The fraction of sp³-hybridized carbons (Fsp3) is 0.200. The van der Waals surface area contributed by atoms with Gasteiger partial charge in [0.15, 0.2) is 0 Å². The molecule has 0 aliphatic carbocycles. The van der Waals surface area contributed by atoms with Crippen molar-refractivity contribution in [1.29, 1.82) is 0 Å². The highest BCUT2D eigenvalue weighted by atomic mass is 79.9. The maximum Gasteiger partial charge on any atom is 0.123 e. The summed E-state index contributed by atoms with van der Waals surface area (Å²) >= 11 is 5.09. The lowest BCUT2D eigenvalue weighted by Gasteiger charge is -2.16. The molecular formula is C15H16BrFN2S. The number of nitrogens with one attached hydrogen (secondary N) is 1. The van der Waals surface area contributed by atoms with Crippen LogP contribution in [0, 0.1) is 12.7 Å². The lowest BCUT2D eigenvalue weighted by molar-refractivity contribution is 0.590. The van der Waals surface area contributed by atoms with Gasteiger partial charge in [0.2, 0.25) is 0 Å². The van der Waals surface area contributed by atoms with Gasteiger partial charge in [0.05, 0.1) is 6.04 Å². The van der Waals surface area contributed by atoms with Gasteiger partial charge >= 0.3 is 0 Å². The Morgan fingerprint density at radius 2 is 1.95 bits per heavy atom. The summed E-state index contributed by atoms with van der Waals surface area (Å²) in [4.78, 5) is 1.15. The quantitative estimate of drug-likeness (QED) is 0.480. The van der Waals surface area contributed by atoms with Crippen LogP contribution in [0.5, 0.6) is 0 Å². The van der Waals surface area contributed by atoms with Crippen molar-refractivity contribution in [1.82, 2.24) is 5.43 Å². The number of hydrazine groups is 1. The van der Waals surface area contributed by atoms with Crippen LogP contribution in [0.15, 0.2) is 51.8 Å². The van der Waals surface area contributed by atoms with Crippen LogP contribution in [0.25, 0.3) is 0 Å². The summed E-state index contributed by atoms with van der Waals surface area (Å²) in [6, 6.07) is 13.0. The van der Waals surface area contributed by atoms with Gasteiger partial charge in [-0.05, 0) is 54.4 Å². The highest BCUT2D eigenvalue weighted by Gasteiger charge is 2.12. The standard InChI is InChI=1S/C15H16BrFN2S/c1-10-6-11(8-13(17)7-10)15(19-18)9-20-14-4-2-12(16)3-5-14/h2-8,15,19H,9,18H2,1H3. The van der Waals surface area contributed by atoms with Gasteiger partial charge in [-0.15, -0.1) is 11.8 Å². The Hall–Kier alpha value is -0.880. The van der Waals surface area contributed by atoms with Crippen molar-refractivity contribution >= 4 is 27.7 Å². The first-order valence-electron chi connectivity index (χ1n) is 6.20. The summed E-state index contributed by atoms with van der Waals surface area (Å²) in [5.74, 6) is 6.11. The molecule has 2 aromatic carbocycles. The van der Waals surface area contributed by atoms with Crippen molar-refractivity contribution in [2.75, 3.05) is 5.75 Å². The SMILES string of the molecule is Cc1cc(F)cc(C(CSc2ccc(Br)cc2)NN)c1. The molecule has 0 aliphatic heterocycles. The van der Waals surface area contributed by atoms with E-state index in [1.807, 2.05) is 37.3 Å². The van der Waals surface area contributed by atoms with Crippen molar-refractivity contribution in [3.8, 4) is 0 Å². The third-order valence-electron chi connectivity index (χ3n) is 2.90. The Kier molecular flexibility index (Phi) is 5.60. The molecule has 0 radical (unpaired) electrons. The zero-order chi connectivity index (χ0) is 14.5. The maximum atomic E-state index is 13.5. The van der Waals surface area contributed by atoms with Crippen molar-refractivity contribution in [2.24, 2.45) is 5.84 Å². The molecule has 0 bridgehead atoms. The molecule has 0 spiro atoms. The summed E-state index contributed by atoms with van der Waals surface area (Å²) in [7, 11) is 0. The lowest BCUT2D eigenvalue weighted by atomic mass is 10.1. The molecule has 0 aromatic heterocycles. The number of nitrogens with two attached hydrogens (primary N) is 1. The molecule has 106 valence electrons. The van der Waals surface area contributed by atoms with Crippen molar-refractivity contribution in [3.05, 3.63) is 63.9 Å². The average molecular weight is 355 g/mol. The van der Waals surface area contributed by atoms with Crippen molar-refractivity contribution in [3.63, 3.8) is 0 Å². The Morgan fingerprint density at radius 3 is 2.55 bits per heavy atom. The summed E-state index contributed by atoms with van der Waals surface area (Å²) in [6.45, 7) is 1.88. The molecule has 1 atom stereocenters. The normalized spacial score (nSPS) is 12.4. The molecule has 5 heteroatoms. The second-order valence-electron chi connectivity index (χ2n) is 4.55. The van der Waals surface area contributed by atoms with E-state index in [0.29, 0.717) is 0 Å². The molecule has 3 N–H and O–H groups in total. The first-order valence-corrected chi connectivity index (χ1v) is 7.98. The third-order valence-corrected chi connectivity index (χ3v) is 4.53. The van der Waals surface area contributed by atoms with Gasteiger partial charge in [-0.2, -0.15) is 0 Å². The highest BCUT2D eigenvalue weighted by molar-refractivity contribution is 9.10. The smallest absolute Gasteiger partial charge is 0.123 e. The molecule has 2 rings (SSSR count). The Morgan fingerprint density at radius 1 is 1.25 bits per heavy atom. The van der Waals surface area contributed by atoms with Gasteiger partial charge in [-0.3, -0.25) is 11.3 Å². The minimum atomic E-state index is -0.228. The number of halogens is 2. The van der Waals surface area contributed by atoms with Gasteiger partial charge in [0, 0.05) is 15.1 Å². The molecule has 20 heavy (non-hydrogen) atoms. The van der Waals surface area contributed by atoms with Crippen molar-refractivity contribution in [2.45, 2.75) is 17.9 Å². The Labute approximate surface area is 131 Å². The highest BCUT2D eigenvalue weighted by Crippen LogP contribution is 2.26. The van der Waals surface area contributed by atoms with Gasteiger partial charge in [0.25, 0.3) is 0 Å². The molecule has 0 saturated carbocycles. The number of hydrogen-bond acceptors (Lipinski definition) is 3. The van der Waals surface area contributed by atoms with Crippen LogP contribution in [0.2, 0.25) is 0 Å². The zero-order valence-electron chi connectivity index (χ0n) is 11.1. The number of hydrogen-bond donors (Lipinski definition) is 2. The number of thioether (sulfide) groups is 1. The third kappa shape index (κ3) is 4.31. The van der Waals surface area contributed by atoms with E-state index in [-0.39, 0.29) is 11.9 Å². The van der Waals surface area contributed by atoms with E-state index < -0.39 is 0 Å². The van der Waals surface area contributed by atoms with Crippen LogP contribution >= 0.6 is 27.7 Å². The van der Waals surface area contributed by atoms with Crippen LogP contribution in [-0.2, 0) is 0 Å². The van der Waals surface area contributed by atoms with Gasteiger partial charge in [-0.1, -0.05) is 22.0 Å². The van der Waals surface area contributed by atoms with E-state index in [1.165, 1.54) is 12.1 Å². The second kappa shape index (κ2) is 7.22. The topological polar surface area (TPSA) is 38.0 Å². The van der Waals surface area contributed by atoms with Crippen LogP contribution in [0.4, 0.5) is 4.39 Å². The number of aryl methyl sites for hydroxylation is 1. The number of rotatable bonds is 5. The van der Waals surface area contributed by atoms with E-state index in [1.54, 1.807) is 11.8 Å². The summed E-state index contributed by atoms with van der Waals surface area (Å²) < 4.78 is 14.5. The monoisotopic (exact) mass is 354 g/mol. The lowest BCUT2D eigenvalue weighted by Crippen LogP contribution is -2.29. The van der Waals surface area contributed by atoms with Crippen LogP contribution in [0.3, 0.4) is 0 Å². The molecule has 0 aliphatic rings. The molecule has 0 saturated heterocycles. The van der Waals surface area contributed by atoms with Gasteiger partial charge in [-0.25, -0.2) is 4.39 Å². The largest absolute Gasteiger partial charge is 0.271 e. The van der Waals surface area contributed by atoms with Crippen LogP contribution in [-0.4, -0.2) is 5.75 Å². The number of benzene rings is 2. The van der Waals surface area contributed by atoms with Crippen molar-refractivity contribution < 1.29 is 4.39 Å². The Bertz CT molecular complexity index is 554. The molecule has 1 unspecified atom stereocenters. The molecule has 0 amide bonds.